The van der Waals surface area contributed by atoms with Crippen molar-refractivity contribution in [3.63, 3.8) is 0 Å². The Morgan fingerprint density at radius 3 is 2.22 bits per heavy atom. The van der Waals surface area contributed by atoms with Gasteiger partial charge in [0.2, 0.25) is 0 Å². The number of benzene rings is 1. The molecular formula is C15H18N2O. The molecular weight excluding hydrogens is 224 g/mol. The Balaban J connectivity index is 1.85. The van der Waals surface area contributed by atoms with Crippen molar-refractivity contribution >= 4 is 5.78 Å². The molecule has 4 fully saturated rings. The molecule has 0 N–H and O–H groups in total. The third-order valence-corrected chi connectivity index (χ3v) is 4.85. The van der Waals surface area contributed by atoms with Crippen LogP contribution < -0.4 is 0 Å². The highest BCUT2D eigenvalue weighted by Crippen LogP contribution is 2.40. The van der Waals surface area contributed by atoms with Crippen LogP contribution in [0.4, 0.5) is 0 Å². The van der Waals surface area contributed by atoms with Gasteiger partial charge in [-0.1, -0.05) is 30.3 Å². The molecule has 18 heavy (non-hydrogen) atoms. The molecule has 4 bridgehead atoms. The maximum atomic E-state index is 12.8. The van der Waals surface area contributed by atoms with E-state index in [2.05, 4.69) is 34.1 Å². The minimum atomic E-state index is -0.251. The van der Waals surface area contributed by atoms with E-state index in [1.165, 1.54) is 5.56 Å². The van der Waals surface area contributed by atoms with Crippen molar-refractivity contribution in [3.05, 3.63) is 35.9 Å². The molecule has 4 aliphatic heterocycles. The second kappa shape index (κ2) is 3.65. The normalized spacial score (nSPS) is 42.0. The summed E-state index contributed by atoms with van der Waals surface area (Å²) in [6, 6.07) is 10.4. The number of rotatable bonds is 1. The van der Waals surface area contributed by atoms with Gasteiger partial charge in [-0.05, 0) is 5.56 Å². The number of hydrogen-bond acceptors (Lipinski definition) is 3. The second-order valence-corrected chi connectivity index (χ2v) is 5.98. The molecule has 5 rings (SSSR count). The van der Waals surface area contributed by atoms with Crippen molar-refractivity contribution in [2.75, 3.05) is 39.3 Å². The van der Waals surface area contributed by atoms with Gasteiger partial charge in [0.15, 0.2) is 5.78 Å². The lowest BCUT2D eigenvalue weighted by atomic mass is 9.67. The predicted molar refractivity (Wildman–Crippen MR) is 69.5 cm³/mol. The molecule has 0 aromatic heterocycles. The van der Waals surface area contributed by atoms with Crippen molar-refractivity contribution in [1.82, 2.24) is 9.80 Å². The van der Waals surface area contributed by atoms with Crippen LogP contribution in [0.15, 0.2) is 30.3 Å². The van der Waals surface area contributed by atoms with Gasteiger partial charge in [0.1, 0.15) is 0 Å². The van der Waals surface area contributed by atoms with Gasteiger partial charge >= 0.3 is 0 Å². The molecule has 4 heterocycles. The highest BCUT2D eigenvalue weighted by molar-refractivity contribution is 5.94. The van der Waals surface area contributed by atoms with E-state index in [0.717, 1.165) is 39.3 Å². The van der Waals surface area contributed by atoms with Crippen LogP contribution >= 0.6 is 0 Å². The van der Waals surface area contributed by atoms with Crippen molar-refractivity contribution in [3.8, 4) is 0 Å². The van der Waals surface area contributed by atoms with E-state index < -0.39 is 0 Å². The largest absolute Gasteiger partial charge is 0.300 e. The molecule has 0 radical (unpaired) electrons. The summed E-state index contributed by atoms with van der Waals surface area (Å²) < 4.78 is 0. The van der Waals surface area contributed by atoms with E-state index in [9.17, 15) is 4.79 Å². The first kappa shape index (κ1) is 10.7. The number of fused-ring (bicyclic) bond motifs is 1. The fraction of sp³-hybridized carbons (Fsp3) is 0.533. The van der Waals surface area contributed by atoms with Crippen molar-refractivity contribution in [2.24, 2.45) is 5.92 Å². The van der Waals surface area contributed by atoms with Gasteiger partial charge < -0.3 is 0 Å². The molecule has 0 aliphatic carbocycles. The lowest BCUT2D eigenvalue weighted by Gasteiger charge is -2.48. The van der Waals surface area contributed by atoms with Gasteiger partial charge in [-0.2, -0.15) is 0 Å². The first-order valence-electron chi connectivity index (χ1n) is 6.82. The number of nitrogens with zero attached hydrogens (tertiary/aromatic N) is 2. The van der Waals surface area contributed by atoms with Crippen LogP contribution in [0.25, 0.3) is 0 Å². The van der Waals surface area contributed by atoms with Crippen LogP contribution in [-0.4, -0.2) is 54.9 Å². The van der Waals surface area contributed by atoms with Crippen LogP contribution in [-0.2, 0) is 10.2 Å². The van der Waals surface area contributed by atoms with E-state index in [-0.39, 0.29) is 11.3 Å². The van der Waals surface area contributed by atoms with Gasteiger partial charge in [0.05, 0.1) is 5.41 Å². The van der Waals surface area contributed by atoms with Gasteiger partial charge in [0, 0.05) is 45.2 Å². The summed E-state index contributed by atoms with van der Waals surface area (Å²) in [6.07, 6.45) is 0. The van der Waals surface area contributed by atoms with Crippen LogP contribution in [0.2, 0.25) is 0 Å². The van der Waals surface area contributed by atoms with E-state index in [1.54, 1.807) is 0 Å². The first-order valence-corrected chi connectivity index (χ1v) is 6.82. The standard InChI is InChI=1S/C15H18N2O/c18-14-12-8-16-6-7-17(9-12)11-15(14,10-16)13-4-2-1-3-5-13/h1-5,12H,6-11H2. The summed E-state index contributed by atoms with van der Waals surface area (Å²) in [5, 5.41) is 0. The van der Waals surface area contributed by atoms with E-state index in [1.807, 2.05) is 6.07 Å². The minimum absolute atomic E-state index is 0.232. The Hall–Kier alpha value is -1.19. The van der Waals surface area contributed by atoms with Gasteiger partial charge in [0.25, 0.3) is 0 Å². The van der Waals surface area contributed by atoms with Gasteiger partial charge in [-0.3, -0.25) is 14.6 Å². The minimum Gasteiger partial charge on any atom is -0.300 e. The number of carbonyl (C=O) groups excluding carboxylic acids is 1. The zero-order chi connectivity index (χ0) is 12.2. The zero-order valence-corrected chi connectivity index (χ0v) is 10.5. The Labute approximate surface area is 107 Å². The Kier molecular flexibility index (Phi) is 2.17. The second-order valence-electron chi connectivity index (χ2n) is 5.98. The molecule has 0 spiro atoms. The molecule has 1 aromatic carbocycles. The SMILES string of the molecule is O=C1C2CN3CCN(C2)CC1(c1ccccc1)C3. The molecule has 4 aliphatic rings. The van der Waals surface area contributed by atoms with Crippen LogP contribution in [0.1, 0.15) is 5.56 Å². The molecule has 3 heteroatoms. The number of carbonyl (C=O) groups is 1. The van der Waals surface area contributed by atoms with E-state index in [0.29, 0.717) is 5.78 Å². The van der Waals surface area contributed by atoms with Crippen molar-refractivity contribution in [1.29, 1.82) is 0 Å². The fourth-order valence-corrected chi connectivity index (χ4v) is 4.04. The number of Topliss-reactive ketones (excluding diaryl/α,β-unsaturated/α-hetero) is 1. The molecule has 2 unspecified atom stereocenters. The van der Waals surface area contributed by atoms with Crippen LogP contribution in [0.3, 0.4) is 0 Å². The lowest BCUT2D eigenvalue weighted by Crippen LogP contribution is -2.63. The zero-order valence-electron chi connectivity index (χ0n) is 10.5. The monoisotopic (exact) mass is 242 g/mol. The van der Waals surface area contributed by atoms with Crippen molar-refractivity contribution in [2.45, 2.75) is 5.41 Å². The van der Waals surface area contributed by atoms with Gasteiger partial charge in [-0.25, -0.2) is 0 Å². The van der Waals surface area contributed by atoms with E-state index in [4.69, 9.17) is 0 Å². The summed E-state index contributed by atoms with van der Waals surface area (Å²) >= 11 is 0. The highest BCUT2D eigenvalue weighted by atomic mass is 16.1. The summed E-state index contributed by atoms with van der Waals surface area (Å²) in [4.78, 5) is 17.8. The molecule has 2 atom stereocenters. The first-order chi connectivity index (χ1) is 8.78. The number of ketones is 1. The topological polar surface area (TPSA) is 23.6 Å². The predicted octanol–water partition coefficient (Wildman–Crippen LogP) is 0.754. The van der Waals surface area contributed by atoms with Crippen molar-refractivity contribution < 1.29 is 4.79 Å². The maximum absolute atomic E-state index is 12.8. The molecule has 94 valence electrons. The average molecular weight is 242 g/mol. The summed E-state index contributed by atoms with van der Waals surface area (Å²) in [6.45, 7) is 6.04. The molecule has 3 nitrogen and oxygen atoms in total. The van der Waals surface area contributed by atoms with Crippen LogP contribution in [0.5, 0.6) is 0 Å². The number of hydrogen-bond donors (Lipinski definition) is 0. The van der Waals surface area contributed by atoms with Gasteiger partial charge in [-0.15, -0.1) is 0 Å². The quantitative estimate of drug-likeness (QED) is 0.726. The lowest BCUT2D eigenvalue weighted by molar-refractivity contribution is -0.137. The Bertz CT molecular complexity index is 469. The van der Waals surface area contributed by atoms with E-state index >= 15 is 0 Å². The highest BCUT2D eigenvalue weighted by Gasteiger charge is 2.54. The molecule has 0 saturated carbocycles. The summed E-state index contributed by atoms with van der Waals surface area (Å²) in [5.74, 6) is 0.721. The third kappa shape index (κ3) is 1.35. The Morgan fingerprint density at radius 2 is 1.61 bits per heavy atom. The third-order valence-electron chi connectivity index (χ3n) is 4.85. The average Bonchev–Trinajstić information content (AvgIpc) is 2.65. The molecule has 4 saturated heterocycles. The Morgan fingerprint density at radius 1 is 1.00 bits per heavy atom. The smallest absolute Gasteiger partial charge is 0.151 e. The summed E-state index contributed by atoms with van der Waals surface area (Å²) in [5.41, 5.74) is 0.968. The fourth-order valence-electron chi connectivity index (χ4n) is 4.04. The summed E-state index contributed by atoms with van der Waals surface area (Å²) in [7, 11) is 0. The number of piperidine rings is 2. The maximum Gasteiger partial charge on any atom is 0.151 e. The molecule has 0 amide bonds. The molecule has 1 aromatic rings. The van der Waals surface area contributed by atoms with Crippen LogP contribution in [0, 0.1) is 5.92 Å².